The summed E-state index contributed by atoms with van der Waals surface area (Å²) in [6.07, 6.45) is 14.7. The molecule has 4 heterocycles. The van der Waals surface area contributed by atoms with Crippen molar-refractivity contribution < 1.29 is 9.47 Å². The number of rotatable bonds is 8. The van der Waals surface area contributed by atoms with Crippen LogP contribution >= 0.6 is 0 Å². The van der Waals surface area contributed by atoms with Crippen LogP contribution in [0.3, 0.4) is 0 Å². The van der Waals surface area contributed by atoms with Gasteiger partial charge in [-0.15, -0.1) is 0 Å². The third-order valence-electron chi connectivity index (χ3n) is 11.3. The largest absolute Gasteiger partial charge is 0.478 e. The lowest BCUT2D eigenvalue weighted by Gasteiger charge is -2.34. The topological polar surface area (TPSA) is 82.9 Å². The summed E-state index contributed by atoms with van der Waals surface area (Å²) in [4.78, 5) is 24.2. The van der Waals surface area contributed by atoms with Gasteiger partial charge < -0.3 is 9.47 Å². The Balaban J connectivity index is 1.11. The lowest BCUT2D eigenvalue weighted by atomic mass is 9.92. The Bertz CT molecular complexity index is 2980. The summed E-state index contributed by atoms with van der Waals surface area (Å²) < 4.78 is 14.0. The standard InChI is InChI=1S/C55H37N5O2/c1-3-11-36(12-4-1)40-15-9-17-42(31-40)53-58-54(43-18-10-16-41(32-43)37-13-5-2-6-14-37)60-55(59-53)48-22-21-47(51-52(48)62-50-20-8-7-19-49(50)61-51)46-34-44(38-23-27-56-28-24-38)33-45(35-46)39-25-29-57-30-26-39/h1-35,49-50H. The molecule has 1 aliphatic heterocycles. The quantitative estimate of drug-likeness (QED) is 0.151. The first-order chi connectivity index (χ1) is 30.7. The van der Waals surface area contributed by atoms with Gasteiger partial charge in [0.15, 0.2) is 41.2 Å². The second kappa shape index (κ2) is 16.0. The van der Waals surface area contributed by atoms with Crippen LogP contribution in [0, 0.1) is 0 Å². The van der Waals surface area contributed by atoms with Gasteiger partial charge in [0.05, 0.1) is 5.56 Å². The van der Waals surface area contributed by atoms with Crippen LogP contribution in [0.5, 0.6) is 11.5 Å². The zero-order chi connectivity index (χ0) is 41.2. The maximum Gasteiger partial charge on any atom is 0.174 e. The van der Waals surface area contributed by atoms with E-state index in [1.165, 1.54) is 0 Å². The zero-order valence-corrected chi connectivity index (χ0v) is 33.4. The van der Waals surface area contributed by atoms with Crippen LogP contribution in [0.1, 0.15) is 0 Å². The number of ether oxygens (including phenoxy) is 2. The summed E-state index contributed by atoms with van der Waals surface area (Å²) >= 11 is 0. The Morgan fingerprint density at radius 1 is 0.306 bits per heavy atom. The van der Waals surface area contributed by atoms with Crippen LogP contribution in [0.15, 0.2) is 213 Å². The molecule has 0 saturated carbocycles. The molecule has 3 aromatic heterocycles. The Kier molecular flexibility index (Phi) is 9.52. The van der Waals surface area contributed by atoms with Crippen LogP contribution in [0.4, 0.5) is 0 Å². The number of hydrogen-bond donors (Lipinski definition) is 0. The number of pyridine rings is 2. The average Bonchev–Trinajstić information content (AvgIpc) is 3.36. The molecule has 2 unspecified atom stereocenters. The highest BCUT2D eigenvalue weighted by Gasteiger charge is 2.34. The molecular formula is C55H37N5O2. The molecule has 7 heteroatoms. The van der Waals surface area contributed by atoms with Crippen LogP contribution in [-0.4, -0.2) is 37.1 Å². The fourth-order valence-electron chi connectivity index (χ4n) is 8.15. The molecule has 1 aliphatic carbocycles. The molecule has 0 N–H and O–H groups in total. The molecule has 0 fully saturated rings. The first-order valence-electron chi connectivity index (χ1n) is 20.6. The molecule has 0 amide bonds. The second-order valence-electron chi connectivity index (χ2n) is 15.2. The number of nitrogens with zero attached hydrogens (tertiary/aromatic N) is 5. The highest BCUT2D eigenvalue weighted by Crippen LogP contribution is 2.49. The fraction of sp³-hybridized carbons (Fsp3) is 0.0364. The predicted octanol–water partition coefficient (Wildman–Crippen LogP) is 12.6. The molecule has 0 saturated heterocycles. The van der Waals surface area contributed by atoms with E-state index in [4.69, 9.17) is 24.4 Å². The first-order valence-corrected chi connectivity index (χ1v) is 20.6. The van der Waals surface area contributed by atoms with E-state index in [1.54, 1.807) is 0 Å². The number of fused-ring (bicyclic) bond motifs is 2. The van der Waals surface area contributed by atoms with Gasteiger partial charge in [0.25, 0.3) is 0 Å². The monoisotopic (exact) mass is 799 g/mol. The predicted molar refractivity (Wildman–Crippen MR) is 246 cm³/mol. The van der Waals surface area contributed by atoms with Crippen LogP contribution in [0.2, 0.25) is 0 Å². The second-order valence-corrected chi connectivity index (χ2v) is 15.2. The first kappa shape index (κ1) is 36.8. The third-order valence-corrected chi connectivity index (χ3v) is 11.3. The molecule has 294 valence electrons. The summed E-state index contributed by atoms with van der Waals surface area (Å²) in [6.45, 7) is 0. The Morgan fingerprint density at radius 2 is 0.694 bits per heavy atom. The van der Waals surface area contributed by atoms with Crippen molar-refractivity contribution in [3.05, 3.63) is 213 Å². The number of benzene rings is 6. The lowest BCUT2D eigenvalue weighted by molar-refractivity contribution is 0.0769. The van der Waals surface area contributed by atoms with Gasteiger partial charge in [-0.05, 0) is 129 Å². The minimum Gasteiger partial charge on any atom is -0.478 e. The molecule has 62 heavy (non-hydrogen) atoms. The molecule has 6 aromatic carbocycles. The molecule has 0 spiro atoms. The summed E-state index contributed by atoms with van der Waals surface area (Å²) in [5.41, 5.74) is 12.9. The van der Waals surface area contributed by atoms with Crippen molar-refractivity contribution in [2.75, 3.05) is 0 Å². The maximum atomic E-state index is 6.98. The summed E-state index contributed by atoms with van der Waals surface area (Å²) in [5, 5.41) is 0. The Labute approximate surface area is 359 Å². The van der Waals surface area contributed by atoms with Crippen molar-refractivity contribution in [3.63, 3.8) is 0 Å². The van der Waals surface area contributed by atoms with E-state index in [2.05, 4.69) is 88.8 Å². The van der Waals surface area contributed by atoms with E-state index in [9.17, 15) is 0 Å². The Morgan fingerprint density at radius 3 is 1.21 bits per heavy atom. The van der Waals surface area contributed by atoms with Gasteiger partial charge in [0, 0.05) is 41.5 Å². The van der Waals surface area contributed by atoms with E-state index in [0.29, 0.717) is 34.5 Å². The van der Waals surface area contributed by atoms with Gasteiger partial charge in [-0.3, -0.25) is 9.97 Å². The summed E-state index contributed by atoms with van der Waals surface area (Å²) in [7, 11) is 0. The third kappa shape index (κ3) is 7.22. The van der Waals surface area contributed by atoms with Crippen molar-refractivity contribution in [3.8, 4) is 101 Å². The summed E-state index contributed by atoms with van der Waals surface area (Å²) in [5.74, 6) is 2.77. The van der Waals surface area contributed by atoms with E-state index >= 15 is 0 Å². The molecule has 7 nitrogen and oxygen atoms in total. The van der Waals surface area contributed by atoms with Crippen molar-refractivity contribution in [1.29, 1.82) is 0 Å². The van der Waals surface area contributed by atoms with E-state index in [1.807, 2.05) is 134 Å². The summed E-state index contributed by atoms with van der Waals surface area (Å²) in [6, 6.07) is 56.2. The van der Waals surface area contributed by atoms with E-state index in [-0.39, 0.29) is 12.2 Å². The van der Waals surface area contributed by atoms with Gasteiger partial charge >= 0.3 is 0 Å². The normalized spacial score (nSPS) is 14.9. The van der Waals surface area contributed by atoms with Crippen LogP contribution < -0.4 is 9.47 Å². The number of hydrogen-bond acceptors (Lipinski definition) is 7. The molecule has 2 atom stereocenters. The minimum atomic E-state index is -0.345. The van der Waals surface area contributed by atoms with E-state index in [0.717, 1.165) is 66.8 Å². The van der Waals surface area contributed by atoms with Gasteiger partial charge in [-0.1, -0.05) is 109 Å². The van der Waals surface area contributed by atoms with Crippen molar-refractivity contribution >= 4 is 0 Å². The lowest BCUT2D eigenvalue weighted by Crippen LogP contribution is -2.38. The molecule has 2 aliphatic rings. The number of aromatic nitrogens is 5. The van der Waals surface area contributed by atoms with Gasteiger partial charge in [0.2, 0.25) is 0 Å². The van der Waals surface area contributed by atoms with Gasteiger partial charge in [-0.25, -0.2) is 15.0 Å². The molecular weight excluding hydrogens is 763 g/mol. The molecule has 0 radical (unpaired) electrons. The SMILES string of the molecule is C1=CC2Oc3c(-c4cc(-c5ccncc5)cc(-c5ccncc5)c4)ccc(-c4nc(-c5cccc(-c6ccccc6)c5)nc(-c5cccc(-c6ccccc6)c5)n4)c3OC2C=C1. The van der Waals surface area contributed by atoms with Crippen LogP contribution in [0.25, 0.3) is 89.8 Å². The van der Waals surface area contributed by atoms with Gasteiger partial charge in [-0.2, -0.15) is 0 Å². The maximum absolute atomic E-state index is 6.98. The average molecular weight is 800 g/mol. The van der Waals surface area contributed by atoms with Crippen molar-refractivity contribution in [2.45, 2.75) is 12.2 Å². The Hall–Kier alpha value is -8.29. The van der Waals surface area contributed by atoms with Crippen molar-refractivity contribution in [1.82, 2.24) is 24.9 Å². The molecule has 9 aromatic rings. The van der Waals surface area contributed by atoms with Crippen molar-refractivity contribution in [2.24, 2.45) is 0 Å². The minimum absolute atomic E-state index is 0.324. The zero-order valence-electron chi connectivity index (χ0n) is 33.4. The highest BCUT2D eigenvalue weighted by atomic mass is 16.6. The van der Waals surface area contributed by atoms with E-state index < -0.39 is 0 Å². The molecule has 0 bridgehead atoms. The van der Waals surface area contributed by atoms with Gasteiger partial charge in [0.1, 0.15) is 0 Å². The molecule has 11 rings (SSSR count). The highest BCUT2D eigenvalue weighted by molar-refractivity contribution is 5.87. The smallest absolute Gasteiger partial charge is 0.174 e. The fourth-order valence-corrected chi connectivity index (χ4v) is 8.15. The number of allylic oxidation sites excluding steroid dienone is 2. The van der Waals surface area contributed by atoms with Crippen LogP contribution in [-0.2, 0) is 0 Å².